The fourth-order valence-electron chi connectivity index (χ4n) is 3.92. The van der Waals surface area contributed by atoms with Gasteiger partial charge in [-0.3, -0.25) is 0 Å². The molecule has 3 aromatic rings. The van der Waals surface area contributed by atoms with Gasteiger partial charge in [-0.2, -0.15) is 0 Å². The quantitative estimate of drug-likeness (QED) is 0.482. The lowest BCUT2D eigenvalue weighted by molar-refractivity contribution is 0.423. The van der Waals surface area contributed by atoms with E-state index in [4.69, 9.17) is 4.74 Å². The average molecular weight is 390 g/mol. The van der Waals surface area contributed by atoms with Gasteiger partial charge in [0.2, 0.25) is 0 Å². The number of aromatic hydroxyl groups is 1. The zero-order chi connectivity index (χ0) is 20.2. The maximum atomic E-state index is 13.4. The standard InChI is InChI=1S/C24H23FN2O2/c1-29-16-26-20-6-2-17(3-7-20)14-24-23-11-10-22(28)15-18(23)12-13-27(24)21-8-4-19(25)5-9-21/h2-11,15-16,24,28H,12-14H2,1H3/b26-16+. The van der Waals surface area contributed by atoms with Gasteiger partial charge < -0.3 is 14.7 Å². The molecule has 0 bridgehead atoms. The summed E-state index contributed by atoms with van der Waals surface area (Å²) < 4.78 is 18.3. The Morgan fingerprint density at radius 3 is 2.59 bits per heavy atom. The van der Waals surface area contributed by atoms with E-state index >= 15 is 0 Å². The molecule has 5 heteroatoms. The second-order valence-electron chi connectivity index (χ2n) is 7.16. The SMILES string of the molecule is CO/C=N/c1ccc(CC2c3ccc(O)cc3CCN2c2ccc(F)cc2)cc1. The van der Waals surface area contributed by atoms with Gasteiger partial charge in [-0.25, -0.2) is 9.38 Å². The highest BCUT2D eigenvalue weighted by molar-refractivity contribution is 5.56. The van der Waals surface area contributed by atoms with Gasteiger partial charge in [0.05, 0.1) is 18.8 Å². The summed E-state index contributed by atoms with van der Waals surface area (Å²) in [5, 5.41) is 9.90. The molecule has 0 saturated carbocycles. The number of hydrogen-bond donors (Lipinski definition) is 1. The number of benzene rings is 3. The van der Waals surface area contributed by atoms with Crippen molar-refractivity contribution in [2.75, 3.05) is 18.6 Å². The summed E-state index contributed by atoms with van der Waals surface area (Å²) in [6.45, 7) is 0.809. The Labute approximate surface area is 169 Å². The van der Waals surface area contributed by atoms with E-state index in [0.717, 1.165) is 36.3 Å². The highest BCUT2D eigenvalue weighted by Gasteiger charge is 2.28. The molecule has 0 amide bonds. The third-order valence-corrected chi connectivity index (χ3v) is 5.31. The Morgan fingerprint density at radius 2 is 1.86 bits per heavy atom. The van der Waals surface area contributed by atoms with Gasteiger partial charge in [-0.1, -0.05) is 18.2 Å². The first kappa shape index (κ1) is 19.0. The number of phenols is 1. The second-order valence-corrected chi connectivity index (χ2v) is 7.16. The molecule has 4 rings (SSSR count). The van der Waals surface area contributed by atoms with Crippen LogP contribution in [0.15, 0.2) is 71.7 Å². The van der Waals surface area contributed by atoms with Crippen molar-refractivity contribution < 1.29 is 14.2 Å². The molecule has 148 valence electrons. The third kappa shape index (κ3) is 4.24. The molecule has 1 unspecified atom stereocenters. The lowest BCUT2D eigenvalue weighted by Crippen LogP contribution is -2.36. The molecule has 0 saturated heterocycles. The Morgan fingerprint density at radius 1 is 1.10 bits per heavy atom. The largest absolute Gasteiger partial charge is 0.508 e. The minimum absolute atomic E-state index is 0.0955. The van der Waals surface area contributed by atoms with Crippen LogP contribution in [0.1, 0.15) is 22.7 Å². The maximum absolute atomic E-state index is 13.4. The molecule has 1 aliphatic rings. The molecule has 0 aromatic heterocycles. The summed E-state index contributed by atoms with van der Waals surface area (Å²) in [6, 6.07) is 20.4. The first-order valence-electron chi connectivity index (χ1n) is 9.62. The monoisotopic (exact) mass is 390 g/mol. The molecule has 1 heterocycles. The number of phenolic OH excluding ortho intramolecular Hbond substituents is 1. The van der Waals surface area contributed by atoms with Crippen molar-refractivity contribution in [2.24, 2.45) is 4.99 Å². The fraction of sp³-hybridized carbons (Fsp3) is 0.208. The first-order chi connectivity index (χ1) is 14.1. The molecule has 0 spiro atoms. The number of fused-ring (bicyclic) bond motifs is 1. The van der Waals surface area contributed by atoms with Crippen LogP contribution in [0.2, 0.25) is 0 Å². The molecule has 0 aliphatic carbocycles. The molecular formula is C24H23FN2O2. The average Bonchev–Trinajstić information content (AvgIpc) is 2.74. The van der Waals surface area contributed by atoms with Crippen molar-refractivity contribution >= 4 is 17.8 Å². The van der Waals surface area contributed by atoms with E-state index in [2.05, 4.69) is 22.0 Å². The summed E-state index contributed by atoms with van der Waals surface area (Å²) in [7, 11) is 1.57. The zero-order valence-electron chi connectivity index (χ0n) is 16.3. The summed E-state index contributed by atoms with van der Waals surface area (Å²) in [6.07, 6.45) is 3.04. The Balaban J connectivity index is 1.67. The van der Waals surface area contributed by atoms with Gasteiger partial charge >= 0.3 is 0 Å². The van der Waals surface area contributed by atoms with E-state index < -0.39 is 0 Å². The van der Waals surface area contributed by atoms with Crippen molar-refractivity contribution in [3.05, 3.63) is 89.2 Å². The van der Waals surface area contributed by atoms with E-state index in [0.29, 0.717) is 0 Å². The molecule has 0 fully saturated rings. The normalized spacial score (nSPS) is 16.1. The van der Waals surface area contributed by atoms with Crippen molar-refractivity contribution in [2.45, 2.75) is 18.9 Å². The predicted molar refractivity (Wildman–Crippen MR) is 114 cm³/mol. The number of rotatable bonds is 5. The smallest absolute Gasteiger partial charge is 0.174 e. The van der Waals surface area contributed by atoms with E-state index in [-0.39, 0.29) is 17.6 Å². The van der Waals surface area contributed by atoms with Crippen LogP contribution < -0.4 is 4.90 Å². The van der Waals surface area contributed by atoms with Crippen LogP contribution in [0.4, 0.5) is 15.8 Å². The van der Waals surface area contributed by atoms with Gasteiger partial charge in [-0.15, -0.1) is 0 Å². The maximum Gasteiger partial charge on any atom is 0.174 e. The molecule has 29 heavy (non-hydrogen) atoms. The third-order valence-electron chi connectivity index (χ3n) is 5.31. The number of halogens is 1. The number of hydrogen-bond acceptors (Lipinski definition) is 4. The van der Waals surface area contributed by atoms with Crippen LogP contribution in [0, 0.1) is 5.82 Å². The Bertz CT molecular complexity index is 1000. The highest BCUT2D eigenvalue weighted by atomic mass is 19.1. The molecule has 1 aliphatic heterocycles. The lowest BCUT2D eigenvalue weighted by Gasteiger charge is -2.39. The predicted octanol–water partition coefficient (Wildman–Crippen LogP) is 5.18. The number of aliphatic imine (C=N–C) groups is 1. The van der Waals surface area contributed by atoms with Crippen LogP contribution in [0.25, 0.3) is 0 Å². The Kier molecular flexibility index (Phi) is 5.47. The highest BCUT2D eigenvalue weighted by Crippen LogP contribution is 2.37. The number of nitrogens with zero attached hydrogens (tertiary/aromatic N) is 2. The summed E-state index contributed by atoms with van der Waals surface area (Å²) in [5.41, 5.74) is 5.37. The van der Waals surface area contributed by atoms with Crippen molar-refractivity contribution in [3.8, 4) is 5.75 Å². The van der Waals surface area contributed by atoms with Gasteiger partial charge in [0.15, 0.2) is 6.40 Å². The topological polar surface area (TPSA) is 45.1 Å². The number of ether oxygens (including phenoxy) is 1. The molecule has 3 aromatic carbocycles. The van der Waals surface area contributed by atoms with E-state index in [1.54, 1.807) is 13.2 Å². The van der Waals surface area contributed by atoms with Crippen LogP contribution >= 0.6 is 0 Å². The van der Waals surface area contributed by atoms with Crippen molar-refractivity contribution in [1.82, 2.24) is 0 Å². The lowest BCUT2D eigenvalue weighted by atomic mass is 9.88. The second kappa shape index (κ2) is 8.35. The molecular weight excluding hydrogens is 367 g/mol. The minimum Gasteiger partial charge on any atom is -0.508 e. The summed E-state index contributed by atoms with van der Waals surface area (Å²) in [4.78, 5) is 6.52. The van der Waals surface area contributed by atoms with Crippen LogP contribution in [-0.2, 0) is 17.6 Å². The van der Waals surface area contributed by atoms with Crippen LogP contribution in [0.3, 0.4) is 0 Å². The van der Waals surface area contributed by atoms with E-state index in [1.165, 1.54) is 29.7 Å². The van der Waals surface area contributed by atoms with E-state index in [1.807, 2.05) is 36.4 Å². The van der Waals surface area contributed by atoms with Gasteiger partial charge in [0, 0.05) is 12.2 Å². The molecule has 1 atom stereocenters. The Hall–Kier alpha value is -3.34. The van der Waals surface area contributed by atoms with E-state index in [9.17, 15) is 9.50 Å². The van der Waals surface area contributed by atoms with Gasteiger partial charge in [0.25, 0.3) is 0 Å². The summed E-state index contributed by atoms with van der Waals surface area (Å²) >= 11 is 0. The minimum atomic E-state index is -0.236. The molecule has 1 N–H and O–H groups in total. The van der Waals surface area contributed by atoms with Crippen LogP contribution in [0.5, 0.6) is 5.75 Å². The summed E-state index contributed by atoms with van der Waals surface area (Å²) in [5.74, 6) is 0.0536. The molecule has 4 nitrogen and oxygen atoms in total. The molecule has 0 radical (unpaired) electrons. The zero-order valence-corrected chi connectivity index (χ0v) is 16.3. The first-order valence-corrected chi connectivity index (χ1v) is 9.62. The number of methoxy groups -OCH3 is 1. The number of anilines is 1. The fourth-order valence-corrected chi connectivity index (χ4v) is 3.92. The van der Waals surface area contributed by atoms with Gasteiger partial charge in [-0.05, 0) is 78.1 Å². The van der Waals surface area contributed by atoms with Crippen LogP contribution in [-0.4, -0.2) is 25.2 Å². The van der Waals surface area contributed by atoms with Crippen molar-refractivity contribution in [1.29, 1.82) is 0 Å². The van der Waals surface area contributed by atoms with Gasteiger partial charge in [0.1, 0.15) is 11.6 Å². The van der Waals surface area contributed by atoms with Crippen molar-refractivity contribution in [3.63, 3.8) is 0 Å².